The number of imidazole rings is 1. The molecule has 4 rings (SSSR count). The lowest BCUT2D eigenvalue weighted by Gasteiger charge is -2.21. The Bertz CT molecular complexity index is 1200. The van der Waals surface area contributed by atoms with E-state index in [0.717, 1.165) is 33.9 Å². The first-order chi connectivity index (χ1) is 16.0. The maximum atomic E-state index is 12.3. The zero-order valence-electron chi connectivity index (χ0n) is 18.0. The van der Waals surface area contributed by atoms with E-state index in [9.17, 15) is 14.9 Å². The van der Waals surface area contributed by atoms with Crippen LogP contribution in [0.2, 0.25) is 0 Å². The number of carbonyl (C=O) groups excluding carboxylic acids is 2. The summed E-state index contributed by atoms with van der Waals surface area (Å²) in [5.41, 5.74) is 2.30. The lowest BCUT2D eigenvalue weighted by Crippen LogP contribution is -2.27. The molecule has 0 bridgehead atoms. The van der Waals surface area contributed by atoms with E-state index in [2.05, 4.69) is 21.7 Å². The number of aryl methyl sites for hydroxylation is 1. The van der Waals surface area contributed by atoms with Gasteiger partial charge in [0.2, 0.25) is 5.91 Å². The van der Waals surface area contributed by atoms with Gasteiger partial charge < -0.3 is 19.9 Å². The molecule has 1 aliphatic rings. The van der Waals surface area contributed by atoms with Gasteiger partial charge >= 0.3 is 6.09 Å². The number of carbonyl (C=O) groups is 2. The Morgan fingerprint density at radius 3 is 3.06 bits per heavy atom. The number of ether oxygens (including phenoxy) is 1. The molecule has 33 heavy (non-hydrogen) atoms. The molecular formula is C23H23N5O3S2. The van der Waals surface area contributed by atoms with Crippen LogP contribution in [0.5, 0.6) is 0 Å². The average Bonchev–Trinajstić information content (AvgIpc) is 3.54. The number of nitrogens with one attached hydrogen (secondary N) is 2. The van der Waals surface area contributed by atoms with Crippen LogP contribution in [0, 0.1) is 17.2 Å². The van der Waals surface area contributed by atoms with E-state index in [1.807, 2.05) is 35.3 Å². The number of hydrogen-bond acceptors (Lipinski definition) is 7. The van der Waals surface area contributed by atoms with Gasteiger partial charge in [-0.3, -0.25) is 4.79 Å². The van der Waals surface area contributed by atoms with Crippen LogP contribution in [0.4, 0.5) is 9.80 Å². The van der Waals surface area contributed by atoms with Crippen LogP contribution in [0.1, 0.15) is 33.0 Å². The Hall–Kier alpha value is -3.42. The molecule has 0 aromatic carbocycles. The van der Waals surface area contributed by atoms with Crippen molar-refractivity contribution >= 4 is 45.8 Å². The number of aromatic nitrogens is 2. The third-order valence-corrected chi connectivity index (χ3v) is 7.29. The van der Waals surface area contributed by atoms with E-state index >= 15 is 0 Å². The number of fused-ring (bicyclic) bond motifs is 1. The highest BCUT2D eigenvalue weighted by Gasteiger charge is 2.27. The molecule has 2 amide bonds. The first-order valence-electron chi connectivity index (χ1n) is 10.5. The molecule has 0 fully saturated rings. The summed E-state index contributed by atoms with van der Waals surface area (Å²) in [4.78, 5) is 30.6. The number of rotatable bonds is 7. The predicted octanol–water partition coefficient (Wildman–Crippen LogP) is 4.10. The van der Waals surface area contributed by atoms with Crippen LogP contribution >= 0.6 is 22.7 Å². The quantitative estimate of drug-likeness (QED) is 0.494. The predicted molar refractivity (Wildman–Crippen MR) is 128 cm³/mol. The zero-order valence-corrected chi connectivity index (χ0v) is 19.7. The van der Waals surface area contributed by atoms with Gasteiger partial charge in [-0.25, -0.2) is 9.78 Å². The van der Waals surface area contributed by atoms with Gasteiger partial charge in [0.1, 0.15) is 11.1 Å². The van der Waals surface area contributed by atoms with Crippen LogP contribution in [0.15, 0.2) is 36.1 Å². The fourth-order valence-electron chi connectivity index (χ4n) is 3.67. The largest absolute Gasteiger partial charge is 0.449 e. The molecular weight excluding hydrogens is 458 g/mol. The highest BCUT2D eigenvalue weighted by molar-refractivity contribution is 7.16. The summed E-state index contributed by atoms with van der Waals surface area (Å²) in [6.07, 6.45) is 8.52. The summed E-state index contributed by atoms with van der Waals surface area (Å²) in [5.74, 6) is -0.0893. The molecule has 0 aliphatic heterocycles. The van der Waals surface area contributed by atoms with Crippen molar-refractivity contribution in [3.8, 4) is 6.07 Å². The average molecular weight is 482 g/mol. The minimum atomic E-state index is -0.471. The van der Waals surface area contributed by atoms with Crippen LogP contribution in [0.3, 0.4) is 0 Å². The van der Waals surface area contributed by atoms with Gasteiger partial charge in [0.05, 0.1) is 30.7 Å². The Labute approximate surface area is 199 Å². The lowest BCUT2D eigenvalue weighted by molar-refractivity contribution is -0.111. The molecule has 170 valence electrons. The molecule has 1 atom stereocenters. The summed E-state index contributed by atoms with van der Waals surface area (Å²) in [6.45, 7) is 0.619. The van der Waals surface area contributed by atoms with E-state index in [1.165, 1.54) is 17.4 Å². The number of thiophene rings is 2. The summed E-state index contributed by atoms with van der Waals surface area (Å²) in [5, 5.41) is 17.7. The summed E-state index contributed by atoms with van der Waals surface area (Å²) in [6, 6.07) is 6.10. The molecule has 10 heteroatoms. The van der Waals surface area contributed by atoms with Crippen LogP contribution < -0.4 is 10.6 Å². The monoisotopic (exact) mass is 481 g/mol. The van der Waals surface area contributed by atoms with Gasteiger partial charge in [-0.05, 0) is 48.3 Å². The highest BCUT2D eigenvalue weighted by Crippen LogP contribution is 2.39. The zero-order chi connectivity index (χ0) is 23.2. The smallest absolute Gasteiger partial charge is 0.407 e. The Kier molecular flexibility index (Phi) is 7.22. The number of nitrogens with zero attached hydrogens (tertiary/aromatic N) is 3. The van der Waals surface area contributed by atoms with E-state index in [-0.39, 0.29) is 11.8 Å². The van der Waals surface area contributed by atoms with Crippen LogP contribution in [-0.2, 0) is 36.0 Å². The molecule has 0 radical (unpaired) electrons. The topological polar surface area (TPSA) is 109 Å². The van der Waals surface area contributed by atoms with E-state index in [0.29, 0.717) is 30.1 Å². The second-order valence-corrected chi connectivity index (χ2v) is 9.83. The number of alkyl carbamates (subject to hydrolysis) is 1. The van der Waals surface area contributed by atoms with E-state index in [4.69, 9.17) is 4.74 Å². The molecule has 1 unspecified atom stereocenters. The van der Waals surface area contributed by atoms with Crippen molar-refractivity contribution < 1.29 is 14.3 Å². The van der Waals surface area contributed by atoms with Gasteiger partial charge in [0, 0.05) is 29.1 Å². The van der Waals surface area contributed by atoms with Gasteiger partial charge in [-0.2, -0.15) is 5.26 Å². The second kappa shape index (κ2) is 10.5. The highest BCUT2D eigenvalue weighted by atomic mass is 32.1. The molecule has 1 aliphatic carbocycles. The maximum absolute atomic E-state index is 12.3. The van der Waals surface area contributed by atoms with Crippen molar-refractivity contribution in [3.63, 3.8) is 0 Å². The van der Waals surface area contributed by atoms with E-state index in [1.54, 1.807) is 23.7 Å². The minimum absolute atomic E-state index is 0.172. The minimum Gasteiger partial charge on any atom is -0.449 e. The molecule has 0 spiro atoms. The first kappa shape index (κ1) is 22.8. The fourth-order valence-corrected chi connectivity index (χ4v) is 5.60. The Balaban J connectivity index is 1.31. The van der Waals surface area contributed by atoms with Crippen LogP contribution in [-0.4, -0.2) is 28.2 Å². The van der Waals surface area contributed by atoms with Gasteiger partial charge in [-0.1, -0.05) is 6.07 Å². The molecule has 0 saturated carbocycles. The first-order valence-corrected chi connectivity index (χ1v) is 12.2. The number of anilines is 1. The SMILES string of the molecule is Cn1cnc(CNC(=O)OCC2CCc3c(sc(NC(=O)C=Cc4cccs4)c3C#N)C2)c1. The fraction of sp³-hybridized carbons (Fsp3) is 0.304. The normalized spacial score (nSPS) is 15.1. The molecule has 2 N–H and O–H groups in total. The second-order valence-electron chi connectivity index (χ2n) is 7.75. The van der Waals surface area contributed by atoms with Crippen molar-refractivity contribution in [1.29, 1.82) is 5.26 Å². The van der Waals surface area contributed by atoms with Gasteiger partial charge in [0.25, 0.3) is 0 Å². The molecule has 3 heterocycles. The third kappa shape index (κ3) is 5.88. The van der Waals surface area contributed by atoms with Gasteiger partial charge in [-0.15, -0.1) is 22.7 Å². The van der Waals surface area contributed by atoms with E-state index < -0.39 is 6.09 Å². The van der Waals surface area contributed by atoms with Crippen LogP contribution in [0.25, 0.3) is 6.08 Å². The molecule has 3 aromatic heterocycles. The standard InChI is InChI=1S/C23H23N5O3S2/c1-28-12-16(26-14-28)11-25-23(30)31-13-15-4-6-18-19(10-24)22(33-20(18)9-15)27-21(29)7-5-17-3-2-8-32-17/h2-3,5,7-8,12,14-15H,4,6,9,11,13H2,1H3,(H,25,30)(H,27,29). The van der Waals surface area contributed by atoms with Crippen molar-refractivity contribution in [2.24, 2.45) is 13.0 Å². The number of hydrogen-bond donors (Lipinski definition) is 2. The Morgan fingerprint density at radius 1 is 1.45 bits per heavy atom. The third-order valence-electron chi connectivity index (χ3n) is 5.28. The summed E-state index contributed by atoms with van der Waals surface area (Å²) < 4.78 is 7.21. The maximum Gasteiger partial charge on any atom is 0.407 e. The van der Waals surface area contributed by atoms with Gasteiger partial charge in [0.15, 0.2) is 0 Å². The van der Waals surface area contributed by atoms with Crippen molar-refractivity contribution in [2.45, 2.75) is 25.8 Å². The number of amides is 2. The van der Waals surface area contributed by atoms with Crippen molar-refractivity contribution in [2.75, 3.05) is 11.9 Å². The van der Waals surface area contributed by atoms with Crippen molar-refractivity contribution in [3.05, 3.63) is 62.7 Å². The van der Waals surface area contributed by atoms with Crippen molar-refractivity contribution in [1.82, 2.24) is 14.9 Å². The molecule has 3 aromatic rings. The Morgan fingerprint density at radius 2 is 2.33 bits per heavy atom. The lowest BCUT2D eigenvalue weighted by atomic mass is 9.88. The molecule has 8 nitrogen and oxygen atoms in total. The molecule has 0 saturated heterocycles. The summed E-state index contributed by atoms with van der Waals surface area (Å²) >= 11 is 2.98. The number of nitriles is 1. The summed E-state index contributed by atoms with van der Waals surface area (Å²) in [7, 11) is 1.87.